The second-order valence-corrected chi connectivity index (χ2v) is 7.10. The van der Waals surface area contributed by atoms with Gasteiger partial charge in [0.25, 0.3) is 0 Å². The molecule has 0 saturated carbocycles. The van der Waals surface area contributed by atoms with Gasteiger partial charge >= 0.3 is 5.97 Å². The fourth-order valence-electron chi connectivity index (χ4n) is 1.78. The van der Waals surface area contributed by atoms with E-state index in [4.69, 9.17) is 11.6 Å². The largest absolute Gasteiger partial charge is 0.468 e. The van der Waals surface area contributed by atoms with Crippen molar-refractivity contribution in [1.82, 2.24) is 0 Å². The summed E-state index contributed by atoms with van der Waals surface area (Å²) in [5, 5.41) is 2.25. The quantitative estimate of drug-likeness (QED) is 0.573. The molecule has 0 heterocycles. The standard InChI is InChI=1S/C16H21ClFNO3S/c1-5-9(2)6-15(20)19-13-8-14(11(17)7-12(13)18)23-10(3)16(21)22-4/h7-10H,5-6H2,1-4H3,(H,19,20). The van der Waals surface area contributed by atoms with E-state index in [0.717, 1.165) is 24.2 Å². The topological polar surface area (TPSA) is 55.4 Å². The van der Waals surface area contributed by atoms with Crippen molar-refractivity contribution in [1.29, 1.82) is 0 Å². The number of hydrogen-bond donors (Lipinski definition) is 1. The van der Waals surface area contributed by atoms with Crippen LogP contribution in [0.2, 0.25) is 5.02 Å². The first-order valence-corrected chi connectivity index (χ1v) is 8.57. The van der Waals surface area contributed by atoms with Crippen molar-refractivity contribution in [2.45, 2.75) is 43.8 Å². The van der Waals surface area contributed by atoms with Crippen LogP contribution in [0.15, 0.2) is 17.0 Å². The Morgan fingerprint density at radius 3 is 2.61 bits per heavy atom. The molecule has 1 aromatic carbocycles. The third-order valence-electron chi connectivity index (χ3n) is 3.36. The van der Waals surface area contributed by atoms with Gasteiger partial charge in [0.15, 0.2) is 0 Å². The molecular weight excluding hydrogens is 341 g/mol. The number of anilines is 1. The van der Waals surface area contributed by atoms with Gasteiger partial charge in [-0.05, 0) is 25.0 Å². The Balaban J connectivity index is 2.91. The number of thioether (sulfide) groups is 1. The molecule has 2 unspecified atom stereocenters. The van der Waals surface area contributed by atoms with E-state index in [1.807, 2.05) is 13.8 Å². The minimum Gasteiger partial charge on any atom is -0.468 e. The Kier molecular flexibility index (Phi) is 7.85. The molecule has 0 fully saturated rings. The van der Waals surface area contributed by atoms with Gasteiger partial charge in [-0.3, -0.25) is 9.59 Å². The maximum absolute atomic E-state index is 14.0. The second kappa shape index (κ2) is 9.13. The summed E-state index contributed by atoms with van der Waals surface area (Å²) in [5.41, 5.74) is 0.0577. The number of ether oxygens (including phenoxy) is 1. The van der Waals surface area contributed by atoms with Crippen molar-refractivity contribution in [2.24, 2.45) is 5.92 Å². The van der Waals surface area contributed by atoms with Crippen LogP contribution in [0.4, 0.5) is 10.1 Å². The van der Waals surface area contributed by atoms with Crippen molar-refractivity contribution in [3.05, 3.63) is 23.0 Å². The average Bonchev–Trinajstić information content (AvgIpc) is 2.50. The lowest BCUT2D eigenvalue weighted by Crippen LogP contribution is -2.16. The lowest BCUT2D eigenvalue weighted by atomic mass is 10.1. The molecule has 1 N–H and O–H groups in total. The van der Waals surface area contributed by atoms with Crippen LogP contribution in [0.5, 0.6) is 0 Å². The third-order valence-corrected chi connectivity index (χ3v) is 4.93. The number of hydrogen-bond acceptors (Lipinski definition) is 4. The van der Waals surface area contributed by atoms with Crippen LogP contribution in [0.25, 0.3) is 0 Å². The second-order valence-electron chi connectivity index (χ2n) is 5.31. The molecule has 4 nitrogen and oxygen atoms in total. The Hall–Kier alpha value is -1.27. The Labute approximate surface area is 145 Å². The van der Waals surface area contributed by atoms with E-state index in [1.54, 1.807) is 6.92 Å². The summed E-state index contributed by atoms with van der Waals surface area (Å²) in [5.74, 6) is -1.04. The number of esters is 1. The van der Waals surface area contributed by atoms with E-state index in [-0.39, 0.29) is 22.5 Å². The maximum atomic E-state index is 14.0. The molecular formula is C16H21ClFNO3S. The average molecular weight is 362 g/mol. The number of amides is 1. The zero-order valence-corrected chi connectivity index (χ0v) is 15.2. The van der Waals surface area contributed by atoms with Crippen LogP contribution < -0.4 is 5.32 Å². The van der Waals surface area contributed by atoms with Crippen molar-refractivity contribution < 1.29 is 18.7 Å². The Bertz CT molecular complexity index is 583. The third kappa shape index (κ3) is 6.03. The van der Waals surface area contributed by atoms with Gasteiger partial charge in [-0.2, -0.15) is 0 Å². The summed E-state index contributed by atoms with van der Waals surface area (Å²) < 4.78 is 18.6. The van der Waals surface area contributed by atoms with E-state index < -0.39 is 17.0 Å². The molecule has 2 atom stereocenters. The first kappa shape index (κ1) is 19.8. The first-order valence-electron chi connectivity index (χ1n) is 7.31. The first-order chi connectivity index (χ1) is 10.8. The highest BCUT2D eigenvalue weighted by atomic mass is 35.5. The van der Waals surface area contributed by atoms with Gasteiger partial charge in [0.2, 0.25) is 5.91 Å². The maximum Gasteiger partial charge on any atom is 0.318 e. The molecule has 1 amide bonds. The minimum atomic E-state index is -0.609. The van der Waals surface area contributed by atoms with Gasteiger partial charge in [-0.25, -0.2) is 4.39 Å². The fraction of sp³-hybridized carbons (Fsp3) is 0.500. The van der Waals surface area contributed by atoms with E-state index in [0.29, 0.717) is 11.3 Å². The molecule has 0 bridgehead atoms. The highest BCUT2D eigenvalue weighted by Gasteiger charge is 2.19. The molecule has 0 aliphatic carbocycles. The molecule has 1 aromatic rings. The van der Waals surface area contributed by atoms with Crippen molar-refractivity contribution in [3.63, 3.8) is 0 Å². The molecule has 0 saturated heterocycles. The van der Waals surface area contributed by atoms with Gasteiger partial charge in [-0.15, -0.1) is 11.8 Å². The van der Waals surface area contributed by atoms with Gasteiger partial charge in [0, 0.05) is 11.3 Å². The number of rotatable bonds is 7. The predicted octanol–water partition coefficient (Wildman–Crippen LogP) is 4.51. The zero-order valence-electron chi connectivity index (χ0n) is 13.6. The number of nitrogens with one attached hydrogen (secondary N) is 1. The normalized spacial score (nSPS) is 13.3. The van der Waals surface area contributed by atoms with Crippen molar-refractivity contribution in [3.8, 4) is 0 Å². The minimum absolute atomic E-state index is 0.0577. The molecule has 128 valence electrons. The molecule has 1 rings (SSSR count). The Morgan fingerprint density at radius 1 is 1.39 bits per heavy atom. The number of carbonyl (C=O) groups excluding carboxylic acids is 2. The number of methoxy groups -OCH3 is 1. The van der Waals surface area contributed by atoms with Gasteiger partial charge in [-0.1, -0.05) is 31.9 Å². The monoisotopic (exact) mass is 361 g/mol. The summed E-state index contributed by atoms with van der Waals surface area (Å²) in [7, 11) is 1.30. The SMILES string of the molecule is CCC(C)CC(=O)Nc1cc(SC(C)C(=O)OC)c(Cl)cc1F. The summed E-state index contributed by atoms with van der Waals surface area (Å²) in [6, 6.07) is 2.57. The highest BCUT2D eigenvalue weighted by molar-refractivity contribution is 8.00. The summed E-state index contributed by atoms with van der Waals surface area (Å²) >= 11 is 7.16. The zero-order chi connectivity index (χ0) is 17.6. The smallest absolute Gasteiger partial charge is 0.318 e. The molecule has 0 aromatic heterocycles. The van der Waals surface area contributed by atoms with Crippen molar-refractivity contribution in [2.75, 3.05) is 12.4 Å². The van der Waals surface area contributed by atoms with Gasteiger partial charge in [0.1, 0.15) is 11.1 Å². The fourth-order valence-corrected chi connectivity index (χ4v) is 3.00. The molecule has 0 aliphatic heterocycles. The van der Waals surface area contributed by atoms with E-state index in [2.05, 4.69) is 10.1 Å². The number of halogens is 2. The van der Waals surface area contributed by atoms with E-state index in [1.165, 1.54) is 13.2 Å². The molecule has 0 aliphatic rings. The molecule has 0 radical (unpaired) electrons. The highest BCUT2D eigenvalue weighted by Crippen LogP contribution is 2.34. The van der Waals surface area contributed by atoms with Crippen molar-refractivity contribution >= 4 is 40.9 Å². The van der Waals surface area contributed by atoms with E-state index in [9.17, 15) is 14.0 Å². The molecule has 23 heavy (non-hydrogen) atoms. The number of benzene rings is 1. The van der Waals surface area contributed by atoms with Crippen LogP contribution in [0.3, 0.4) is 0 Å². The van der Waals surface area contributed by atoms with E-state index >= 15 is 0 Å². The van der Waals surface area contributed by atoms with Gasteiger partial charge < -0.3 is 10.1 Å². The lowest BCUT2D eigenvalue weighted by molar-refractivity contribution is -0.139. The lowest BCUT2D eigenvalue weighted by Gasteiger charge is -2.14. The van der Waals surface area contributed by atoms with Crippen LogP contribution in [0, 0.1) is 11.7 Å². The predicted molar refractivity (Wildman–Crippen MR) is 91.4 cm³/mol. The summed E-state index contributed by atoms with van der Waals surface area (Å²) in [4.78, 5) is 23.9. The molecule has 7 heteroatoms. The van der Waals surface area contributed by atoms with Crippen LogP contribution in [-0.4, -0.2) is 24.2 Å². The van der Waals surface area contributed by atoms with Crippen LogP contribution in [-0.2, 0) is 14.3 Å². The number of carbonyl (C=O) groups is 2. The van der Waals surface area contributed by atoms with Crippen LogP contribution >= 0.6 is 23.4 Å². The Morgan fingerprint density at radius 2 is 2.04 bits per heavy atom. The molecule has 0 spiro atoms. The van der Waals surface area contributed by atoms with Crippen LogP contribution in [0.1, 0.15) is 33.6 Å². The summed E-state index contributed by atoms with van der Waals surface area (Å²) in [6.45, 7) is 5.61. The summed E-state index contributed by atoms with van der Waals surface area (Å²) in [6.07, 6.45) is 1.19. The van der Waals surface area contributed by atoms with Gasteiger partial charge in [0.05, 0.1) is 17.8 Å².